The van der Waals surface area contributed by atoms with Crippen LogP contribution in [0.25, 0.3) is 0 Å². The highest BCUT2D eigenvalue weighted by atomic mass is 16.5. The minimum atomic E-state index is 0.598. The van der Waals surface area contributed by atoms with E-state index in [1.54, 1.807) is 6.42 Å². The number of allylic oxidation sites excluding steroid dienone is 1. The van der Waals surface area contributed by atoms with E-state index in [2.05, 4.69) is 27.7 Å². The maximum absolute atomic E-state index is 6.08. The Kier molecular flexibility index (Phi) is 8.94. The zero-order valence-electron chi connectivity index (χ0n) is 25.7. The third-order valence-corrected chi connectivity index (χ3v) is 12.7. The van der Waals surface area contributed by atoms with Crippen molar-refractivity contribution in [1.29, 1.82) is 0 Å². The molecular weight excluding hydrogens is 476 g/mol. The van der Waals surface area contributed by atoms with E-state index in [0.717, 1.165) is 78.3 Å². The van der Waals surface area contributed by atoms with Crippen LogP contribution in [0.15, 0.2) is 30.0 Å². The number of rotatable bonds is 10. The lowest BCUT2D eigenvalue weighted by atomic mass is 9.44. The molecule has 0 saturated heterocycles. The van der Waals surface area contributed by atoms with Crippen molar-refractivity contribution in [2.75, 3.05) is 18.1 Å². The number of hydrogen-bond donors (Lipinski definition) is 2. The minimum absolute atomic E-state index is 0.598. The summed E-state index contributed by atoms with van der Waals surface area (Å²) in [4.78, 5) is 0. The molecule has 4 aliphatic carbocycles. The van der Waals surface area contributed by atoms with Crippen molar-refractivity contribution in [2.45, 2.75) is 124 Å². The lowest BCUT2D eigenvalue weighted by Crippen LogP contribution is -2.53. The Morgan fingerprint density at radius 2 is 1.79 bits per heavy atom. The number of aryl methyl sites for hydroxylation is 1. The summed E-state index contributed by atoms with van der Waals surface area (Å²) in [5.74, 6) is 5.87. The van der Waals surface area contributed by atoms with E-state index in [1.807, 2.05) is 24.5 Å². The molecule has 1 aromatic carbocycles. The van der Waals surface area contributed by atoms with E-state index in [-0.39, 0.29) is 0 Å². The molecule has 1 unspecified atom stereocenters. The molecule has 0 aliphatic heterocycles. The zero-order valence-corrected chi connectivity index (χ0v) is 25.7. The molecule has 3 heteroatoms. The summed E-state index contributed by atoms with van der Waals surface area (Å²) >= 11 is 0. The second-order valence-corrected chi connectivity index (χ2v) is 14.9. The molecule has 8 atom stereocenters. The normalized spacial score (nSPS) is 37.0. The molecule has 218 valence electrons. The van der Waals surface area contributed by atoms with Gasteiger partial charge in [-0.1, -0.05) is 46.1 Å². The van der Waals surface area contributed by atoms with E-state index in [4.69, 9.17) is 16.2 Å². The molecule has 0 amide bonds. The standard InChI is InChI=1S/C36H58N2O/c1-25(24-39-22-8-11-27-13-15-29(37)23-34(27)38)9-7-10-26(2)31-17-18-32-30-16-14-28-12-5-6-20-35(28,3)33(30)19-21-36(31,32)4/h13,15,23-24,26,28,30-33H,5-12,14,16-22,37-38H2,1-4H3/t26-,28?,30+,31-,32+,33+,35+,36-/m1/s1. The fourth-order valence-electron chi connectivity index (χ4n) is 10.6. The van der Waals surface area contributed by atoms with E-state index in [1.165, 1.54) is 76.2 Å². The van der Waals surface area contributed by atoms with E-state index >= 15 is 0 Å². The van der Waals surface area contributed by atoms with Gasteiger partial charge in [-0.15, -0.1) is 0 Å². The molecule has 0 heterocycles. The second kappa shape index (κ2) is 12.1. The number of benzene rings is 1. The molecule has 5 rings (SSSR count). The Morgan fingerprint density at radius 3 is 2.62 bits per heavy atom. The van der Waals surface area contributed by atoms with E-state index in [0.29, 0.717) is 10.8 Å². The van der Waals surface area contributed by atoms with Gasteiger partial charge in [-0.2, -0.15) is 0 Å². The molecule has 3 nitrogen and oxygen atoms in total. The predicted molar refractivity (Wildman–Crippen MR) is 166 cm³/mol. The highest BCUT2D eigenvalue weighted by molar-refractivity contribution is 5.56. The highest BCUT2D eigenvalue weighted by Crippen LogP contribution is 2.68. The third kappa shape index (κ3) is 5.89. The first-order chi connectivity index (χ1) is 18.7. The Morgan fingerprint density at radius 1 is 0.974 bits per heavy atom. The molecule has 0 radical (unpaired) electrons. The Labute approximate surface area is 239 Å². The van der Waals surface area contributed by atoms with Crippen LogP contribution in [0.5, 0.6) is 0 Å². The molecule has 4 aliphatic rings. The number of ether oxygens (including phenoxy) is 1. The first kappa shape index (κ1) is 28.9. The van der Waals surface area contributed by atoms with Gasteiger partial charge in [-0.3, -0.25) is 0 Å². The summed E-state index contributed by atoms with van der Waals surface area (Å²) < 4.78 is 5.89. The van der Waals surface area contributed by atoms with Gasteiger partial charge in [0.05, 0.1) is 12.9 Å². The fourth-order valence-corrected chi connectivity index (χ4v) is 10.6. The number of nitrogen functional groups attached to an aromatic ring is 2. The molecule has 1 aromatic rings. The minimum Gasteiger partial charge on any atom is -0.501 e. The van der Waals surface area contributed by atoms with Crippen LogP contribution in [0.3, 0.4) is 0 Å². The van der Waals surface area contributed by atoms with Crippen LogP contribution in [0.4, 0.5) is 11.4 Å². The van der Waals surface area contributed by atoms with Crippen molar-refractivity contribution in [2.24, 2.45) is 46.3 Å². The number of nitrogens with two attached hydrogens (primary N) is 2. The van der Waals surface area contributed by atoms with Crippen molar-refractivity contribution in [3.8, 4) is 0 Å². The van der Waals surface area contributed by atoms with Gasteiger partial charge in [-0.05, 0) is 154 Å². The first-order valence-electron chi connectivity index (χ1n) is 16.6. The maximum Gasteiger partial charge on any atom is 0.0876 e. The summed E-state index contributed by atoms with van der Waals surface area (Å²) in [6, 6.07) is 5.81. The first-order valence-corrected chi connectivity index (χ1v) is 16.6. The van der Waals surface area contributed by atoms with Crippen LogP contribution in [0.2, 0.25) is 0 Å². The number of fused-ring (bicyclic) bond motifs is 5. The van der Waals surface area contributed by atoms with Crippen molar-refractivity contribution < 1.29 is 4.74 Å². The predicted octanol–water partition coefficient (Wildman–Crippen LogP) is 9.56. The molecule has 4 N–H and O–H groups in total. The molecular formula is C36H58N2O. The lowest BCUT2D eigenvalue weighted by Gasteiger charge is -2.61. The third-order valence-electron chi connectivity index (χ3n) is 12.7. The lowest BCUT2D eigenvalue weighted by molar-refractivity contribution is -0.114. The van der Waals surface area contributed by atoms with Gasteiger partial charge < -0.3 is 16.2 Å². The monoisotopic (exact) mass is 534 g/mol. The molecule has 4 saturated carbocycles. The van der Waals surface area contributed by atoms with Gasteiger partial charge in [-0.25, -0.2) is 0 Å². The summed E-state index contributed by atoms with van der Waals surface area (Å²) in [5, 5.41) is 0. The van der Waals surface area contributed by atoms with Crippen LogP contribution in [0, 0.1) is 46.3 Å². The number of anilines is 2. The fraction of sp³-hybridized carbons (Fsp3) is 0.778. The average molecular weight is 535 g/mol. The smallest absolute Gasteiger partial charge is 0.0876 e. The van der Waals surface area contributed by atoms with Gasteiger partial charge in [0.2, 0.25) is 0 Å². The van der Waals surface area contributed by atoms with Gasteiger partial charge in [0.1, 0.15) is 0 Å². The Balaban J connectivity index is 1.06. The zero-order chi connectivity index (χ0) is 27.6. The molecule has 0 spiro atoms. The SMILES string of the molecule is CC(=COCCCc1ccc(N)cc1N)CCC[C@@H](C)[C@H]1CC[C@H]2[C@@H]3CCC4CCCC[C@]4(C)[C@H]3CC[C@]12C. The van der Waals surface area contributed by atoms with Crippen molar-refractivity contribution in [3.63, 3.8) is 0 Å². The Bertz CT molecular complexity index is 1000. The van der Waals surface area contributed by atoms with Crippen LogP contribution >= 0.6 is 0 Å². The topological polar surface area (TPSA) is 61.3 Å². The Hall–Kier alpha value is -1.64. The summed E-state index contributed by atoms with van der Waals surface area (Å²) in [7, 11) is 0. The van der Waals surface area contributed by atoms with Crippen molar-refractivity contribution in [1.82, 2.24) is 0 Å². The second-order valence-electron chi connectivity index (χ2n) is 14.9. The molecule has 4 fully saturated rings. The summed E-state index contributed by atoms with van der Waals surface area (Å²) in [5.41, 5.74) is 17.2. The quantitative estimate of drug-likeness (QED) is 0.178. The van der Waals surface area contributed by atoms with Gasteiger partial charge in [0.15, 0.2) is 0 Å². The van der Waals surface area contributed by atoms with Crippen molar-refractivity contribution >= 4 is 11.4 Å². The van der Waals surface area contributed by atoms with Gasteiger partial charge in [0.25, 0.3) is 0 Å². The molecule has 0 bridgehead atoms. The van der Waals surface area contributed by atoms with Crippen molar-refractivity contribution in [3.05, 3.63) is 35.6 Å². The van der Waals surface area contributed by atoms with Crippen LogP contribution in [-0.4, -0.2) is 6.61 Å². The average Bonchev–Trinajstić information content (AvgIpc) is 3.26. The van der Waals surface area contributed by atoms with Crippen LogP contribution in [0.1, 0.15) is 123 Å². The van der Waals surface area contributed by atoms with Gasteiger partial charge >= 0.3 is 0 Å². The van der Waals surface area contributed by atoms with Crippen LogP contribution < -0.4 is 11.5 Å². The molecule has 0 aromatic heterocycles. The largest absolute Gasteiger partial charge is 0.501 e. The van der Waals surface area contributed by atoms with Crippen LogP contribution in [-0.2, 0) is 11.2 Å². The highest BCUT2D eigenvalue weighted by Gasteiger charge is 2.60. The van der Waals surface area contributed by atoms with E-state index < -0.39 is 0 Å². The molecule has 39 heavy (non-hydrogen) atoms. The van der Waals surface area contributed by atoms with Gasteiger partial charge in [0, 0.05) is 11.4 Å². The maximum atomic E-state index is 6.08. The summed E-state index contributed by atoms with van der Waals surface area (Å²) in [6.45, 7) is 11.0. The van der Waals surface area contributed by atoms with E-state index in [9.17, 15) is 0 Å². The summed E-state index contributed by atoms with van der Waals surface area (Å²) in [6.07, 6.45) is 22.9. The number of hydrogen-bond acceptors (Lipinski definition) is 3.